The van der Waals surface area contributed by atoms with Crippen molar-refractivity contribution in [3.05, 3.63) is 35.5 Å². The number of para-hydroxylation sites is 1. The van der Waals surface area contributed by atoms with Crippen LogP contribution in [0.3, 0.4) is 0 Å². The SMILES string of the molecule is Cc1[nH]c2ccccc2c1C(=O)C(=O)NC[C@H]1CN2CCC[C@@H]2CO1. The lowest BCUT2D eigenvalue weighted by Crippen LogP contribution is -2.50. The van der Waals surface area contributed by atoms with Gasteiger partial charge in [-0.15, -0.1) is 0 Å². The summed E-state index contributed by atoms with van der Waals surface area (Å²) in [6, 6.07) is 8.06. The van der Waals surface area contributed by atoms with Crippen LogP contribution in [0.1, 0.15) is 28.9 Å². The summed E-state index contributed by atoms with van der Waals surface area (Å²) >= 11 is 0. The monoisotopic (exact) mass is 341 g/mol. The van der Waals surface area contributed by atoms with Gasteiger partial charge in [0.05, 0.1) is 18.3 Å². The predicted molar refractivity (Wildman–Crippen MR) is 94.7 cm³/mol. The van der Waals surface area contributed by atoms with Crippen LogP contribution in [-0.4, -0.2) is 60.0 Å². The fraction of sp³-hybridized carbons (Fsp3) is 0.474. The van der Waals surface area contributed by atoms with Crippen LogP contribution in [0.5, 0.6) is 0 Å². The number of hydrogen-bond donors (Lipinski definition) is 2. The van der Waals surface area contributed by atoms with Crippen molar-refractivity contribution >= 4 is 22.6 Å². The molecule has 0 radical (unpaired) electrons. The molecule has 6 heteroatoms. The second-order valence-electron chi connectivity index (χ2n) is 6.96. The first-order chi connectivity index (χ1) is 12.1. The maximum absolute atomic E-state index is 12.6. The zero-order valence-corrected chi connectivity index (χ0v) is 14.4. The van der Waals surface area contributed by atoms with Crippen LogP contribution in [0.15, 0.2) is 24.3 Å². The van der Waals surface area contributed by atoms with E-state index in [1.165, 1.54) is 12.8 Å². The molecule has 1 aromatic carbocycles. The molecule has 1 aromatic heterocycles. The molecule has 0 unspecified atom stereocenters. The Bertz CT molecular complexity index is 813. The van der Waals surface area contributed by atoms with Crippen LogP contribution in [0.2, 0.25) is 0 Å². The molecule has 0 aliphatic carbocycles. The zero-order chi connectivity index (χ0) is 17.4. The summed E-state index contributed by atoms with van der Waals surface area (Å²) in [5, 5.41) is 3.54. The molecule has 2 atom stereocenters. The Morgan fingerprint density at radius 2 is 2.20 bits per heavy atom. The summed E-state index contributed by atoms with van der Waals surface area (Å²) in [5.41, 5.74) is 2.04. The van der Waals surface area contributed by atoms with E-state index in [-0.39, 0.29) is 6.10 Å². The number of ether oxygens (including phenoxy) is 1. The highest BCUT2D eigenvalue weighted by atomic mass is 16.5. The van der Waals surface area contributed by atoms with Gasteiger partial charge >= 0.3 is 0 Å². The third-order valence-corrected chi connectivity index (χ3v) is 5.28. The number of rotatable bonds is 4. The lowest BCUT2D eigenvalue weighted by atomic mass is 10.1. The van der Waals surface area contributed by atoms with Crippen LogP contribution in [-0.2, 0) is 9.53 Å². The molecule has 0 bridgehead atoms. The van der Waals surface area contributed by atoms with E-state index in [4.69, 9.17) is 4.74 Å². The van der Waals surface area contributed by atoms with Crippen molar-refractivity contribution in [2.75, 3.05) is 26.2 Å². The van der Waals surface area contributed by atoms with Gasteiger partial charge in [0.25, 0.3) is 11.7 Å². The molecule has 2 saturated heterocycles. The fourth-order valence-electron chi connectivity index (χ4n) is 3.98. The van der Waals surface area contributed by atoms with Crippen LogP contribution in [0.4, 0.5) is 0 Å². The van der Waals surface area contributed by atoms with Gasteiger partial charge in [-0.2, -0.15) is 0 Å². The van der Waals surface area contributed by atoms with Gasteiger partial charge in [-0.1, -0.05) is 18.2 Å². The molecule has 2 aliphatic rings. The molecular weight excluding hydrogens is 318 g/mol. The van der Waals surface area contributed by atoms with Crippen molar-refractivity contribution < 1.29 is 14.3 Å². The number of aromatic amines is 1. The number of aromatic nitrogens is 1. The number of amides is 1. The number of nitrogens with zero attached hydrogens (tertiary/aromatic N) is 1. The van der Waals surface area contributed by atoms with Crippen molar-refractivity contribution in [1.29, 1.82) is 0 Å². The summed E-state index contributed by atoms with van der Waals surface area (Å²) in [5.74, 6) is -1.06. The van der Waals surface area contributed by atoms with E-state index >= 15 is 0 Å². The molecular formula is C19H23N3O3. The standard InChI is InChI=1S/C19H23N3O3/c1-12-17(15-6-2-3-7-16(15)21-12)18(23)19(24)20-9-14-10-22-8-4-5-13(22)11-25-14/h2-3,6-7,13-14,21H,4-5,8-11H2,1H3,(H,20,24)/t13-,14+/m1/s1. The van der Waals surface area contributed by atoms with Gasteiger partial charge in [0, 0.05) is 35.7 Å². The van der Waals surface area contributed by atoms with Gasteiger partial charge in [-0.25, -0.2) is 0 Å². The van der Waals surface area contributed by atoms with Crippen LogP contribution in [0, 0.1) is 6.92 Å². The minimum atomic E-state index is -0.569. The van der Waals surface area contributed by atoms with E-state index in [1.807, 2.05) is 31.2 Å². The Morgan fingerprint density at radius 3 is 3.08 bits per heavy atom. The smallest absolute Gasteiger partial charge is 0.292 e. The summed E-state index contributed by atoms with van der Waals surface area (Å²) in [6.07, 6.45) is 2.36. The topological polar surface area (TPSA) is 74.4 Å². The predicted octanol–water partition coefficient (Wildman–Crippen LogP) is 1.64. The molecule has 1 amide bonds. The number of ketones is 1. The first kappa shape index (κ1) is 16.3. The van der Waals surface area contributed by atoms with Crippen LogP contribution < -0.4 is 5.32 Å². The van der Waals surface area contributed by atoms with Crippen molar-refractivity contribution in [2.45, 2.75) is 31.9 Å². The Balaban J connectivity index is 1.40. The number of Topliss-reactive ketones (excluding diaryl/α,β-unsaturated/α-hetero) is 1. The van der Waals surface area contributed by atoms with Gasteiger partial charge in [-0.05, 0) is 32.4 Å². The van der Waals surface area contributed by atoms with E-state index in [2.05, 4.69) is 15.2 Å². The molecule has 4 rings (SSSR count). The Morgan fingerprint density at radius 1 is 1.36 bits per heavy atom. The second kappa shape index (κ2) is 6.61. The Kier molecular flexibility index (Phi) is 4.31. The summed E-state index contributed by atoms with van der Waals surface area (Å²) in [7, 11) is 0. The molecule has 2 N–H and O–H groups in total. The number of benzene rings is 1. The summed E-state index contributed by atoms with van der Waals surface area (Å²) in [6.45, 7) is 4.83. The number of carbonyl (C=O) groups is 2. The third-order valence-electron chi connectivity index (χ3n) is 5.28. The van der Waals surface area contributed by atoms with E-state index in [9.17, 15) is 9.59 Å². The second-order valence-corrected chi connectivity index (χ2v) is 6.96. The van der Waals surface area contributed by atoms with Gasteiger partial charge < -0.3 is 15.0 Å². The summed E-state index contributed by atoms with van der Waals surface area (Å²) in [4.78, 5) is 30.6. The first-order valence-electron chi connectivity index (χ1n) is 8.89. The lowest BCUT2D eigenvalue weighted by molar-refractivity contribution is -0.118. The van der Waals surface area contributed by atoms with E-state index in [1.54, 1.807) is 0 Å². The zero-order valence-electron chi connectivity index (χ0n) is 14.4. The maximum Gasteiger partial charge on any atom is 0.292 e. The molecule has 2 aliphatic heterocycles. The highest BCUT2D eigenvalue weighted by molar-refractivity contribution is 6.45. The lowest BCUT2D eigenvalue weighted by Gasteiger charge is -2.35. The number of H-pyrrole nitrogens is 1. The third kappa shape index (κ3) is 3.07. The van der Waals surface area contributed by atoms with E-state index in [0.717, 1.165) is 36.3 Å². The quantitative estimate of drug-likeness (QED) is 0.655. The first-order valence-corrected chi connectivity index (χ1v) is 8.89. The largest absolute Gasteiger partial charge is 0.373 e. The molecule has 6 nitrogen and oxygen atoms in total. The number of aryl methyl sites for hydroxylation is 1. The number of carbonyl (C=O) groups excluding carboxylic acids is 2. The van der Waals surface area contributed by atoms with E-state index < -0.39 is 11.7 Å². The van der Waals surface area contributed by atoms with Crippen molar-refractivity contribution in [1.82, 2.24) is 15.2 Å². The minimum absolute atomic E-state index is 0.0461. The van der Waals surface area contributed by atoms with Gasteiger partial charge in [-0.3, -0.25) is 14.5 Å². The van der Waals surface area contributed by atoms with Gasteiger partial charge in [0.1, 0.15) is 0 Å². The molecule has 3 heterocycles. The number of morpholine rings is 1. The average Bonchev–Trinajstić information content (AvgIpc) is 3.21. The molecule has 25 heavy (non-hydrogen) atoms. The molecule has 132 valence electrons. The maximum atomic E-state index is 12.6. The number of hydrogen-bond acceptors (Lipinski definition) is 4. The number of nitrogens with one attached hydrogen (secondary N) is 2. The highest BCUT2D eigenvalue weighted by Gasteiger charge is 2.32. The van der Waals surface area contributed by atoms with Gasteiger partial charge in [0.15, 0.2) is 0 Å². The number of fused-ring (bicyclic) bond motifs is 2. The van der Waals surface area contributed by atoms with Crippen molar-refractivity contribution in [3.8, 4) is 0 Å². The van der Waals surface area contributed by atoms with Crippen LogP contribution in [0.25, 0.3) is 10.9 Å². The fourth-order valence-corrected chi connectivity index (χ4v) is 3.98. The van der Waals surface area contributed by atoms with Gasteiger partial charge in [0.2, 0.25) is 0 Å². The Hall–Kier alpha value is -2.18. The molecule has 2 fully saturated rings. The average molecular weight is 341 g/mol. The van der Waals surface area contributed by atoms with Crippen molar-refractivity contribution in [3.63, 3.8) is 0 Å². The highest BCUT2D eigenvalue weighted by Crippen LogP contribution is 2.23. The molecule has 2 aromatic rings. The Labute approximate surface area is 146 Å². The molecule has 0 saturated carbocycles. The molecule has 0 spiro atoms. The van der Waals surface area contributed by atoms with E-state index in [0.29, 0.717) is 18.2 Å². The minimum Gasteiger partial charge on any atom is -0.373 e. The van der Waals surface area contributed by atoms with Crippen LogP contribution >= 0.6 is 0 Å². The van der Waals surface area contributed by atoms with Crippen molar-refractivity contribution in [2.24, 2.45) is 0 Å². The normalized spacial score (nSPS) is 23.6. The summed E-state index contributed by atoms with van der Waals surface area (Å²) < 4.78 is 5.83.